The first kappa shape index (κ1) is 12.0. The first-order valence-electron chi connectivity index (χ1n) is 5.81. The van der Waals surface area contributed by atoms with Crippen LogP contribution in [-0.4, -0.2) is 49.0 Å². The Labute approximate surface area is 87.1 Å². The maximum absolute atomic E-state index is 8.84. The molecule has 3 heteroatoms. The van der Waals surface area contributed by atoms with Gasteiger partial charge in [0, 0.05) is 19.6 Å². The summed E-state index contributed by atoms with van der Waals surface area (Å²) in [6.07, 6.45) is 5.43. The van der Waals surface area contributed by atoms with Gasteiger partial charge in [0.05, 0.1) is 19.3 Å². The summed E-state index contributed by atoms with van der Waals surface area (Å²) in [4.78, 5) is 2.29. The summed E-state index contributed by atoms with van der Waals surface area (Å²) >= 11 is 0. The molecule has 1 fully saturated rings. The lowest BCUT2D eigenvalue weighted by molar-refractivity contribution is -0.0365. The van der Waals surface area contributed by atoms with Crippen LogP contribution in [0.15, 0.2) is 0 Å². The fraction of sp³-hybridized carbons (Fsp3) is 1.00. The van der Waals surface area contributed by atoms with Crippen LogP contribution in [0.1, 0.15) is 32.6 Å². The topological polar surface area (TPSA) is 32.7 Å². The molecular formula is C11H23NO2. The molecular weight excluding hydrogens is 178 g/mol. The van der Waals surface area contributed by atoms with Crippen LogP contribution in [0.3, 0.4) is 0 Å². The predicted molar refractivity (Wildman–Crippen MR) is 57.4 cm³/mol. The second-order valence-corrected chi connectivity index (χ2v) is 4.01. The number of β-amino-alcohol motifs (C(OH)–C–C–N with tert-alkyl or cyclic N) is 1. The van der Waals surface area contributed by atoms with Gasteiger partial charge in [-0.2, -0.15) is 0 Å². The van der Waals surface area contributed by atoms with Gasteiger partial charge in [0.1, 0.15) is 0 Å². The summed E-state index contributed by atoms with van der Waals surface area (Å²) in [6, 6.07) is 0. The van der Waals surface area contributed by atoms with E-state index in [1.165, 1.54) is 25.7 Å². The number of hydrogen-bond donors (Lipinski definition) is 1. The van der Waals surface area contributed by atoms with E-state index in [0.29, 0.717) is 6.10 Å². The van der Waals surface area contributed by atoms with Gasteiger partial charge in [-0.15, -0.1) is 0 Å². The van der Waals surface area contributed by atoms with Crippen LogP contribution in [-0.2, 0) is 4.74 Å². The van der Waals surface area contributed by atoms with Crippen LogP contribution in [0.4, 0.5) is 0 Å². The molecule has 14 heavy (non-hydrogen) atoms. The highest BCUT2D eigenvalue weighted by Gasteiger charge is 2.18. The van der Waals surface area contributed by atoms with Gasteiger partial charge in [-0.1, -0.05) is 26.2 Å². The molecule has 84 valence electrons. The van der Waals surface area contributed by atoms with Crippen LogP contribution in [0.5, 0.6) is 0 Å². The number of aliphatic hydroxyl groups excluding tert-OH is 1. The minimum Gasteiger partial charge on any atom is -0.395 e. The van der Waals surface area contributed by atoms with E-state index < -0.39 is 0 Å². The summed E-state index contributed by atoms with van der Waals surface area (Å²) in [5.41, 5.74) is 0. The summed E-state index contributed by atoms with van der Waals surface area (Å²) < 4.78 is 5.68. The van der Waals surface area contributed by atoms with Crippen molar-refractivity contribution in [1.29, 1.82) is 0 Å². The lowest BCUT2D eigenvalue weighted by atomic mass is 10.1. The molecule has 1 unspecified atom stereocenters. The molecule has 0 aliphatic carbocycles. The van der Waals surface area contributed by atoms with E-state index in [9.17, 15) is 0 Å². The lowest BCUT2D eigenvalue weighted by Gasteiger charge is -2.32. The lowest BCUT2D eigenvalue weighted by Crippen LogP contribution is -2.43. The number of hydrogen-bond acceptors (Lipinski definition) is 3. The second-order valence-electron chi connectivity index (χ2n) is 4.01. The molecule has 0 amide bonds. The summed E-state index contributed by atoms with van der Waals surface area (Å²) in [5, 5.41) is 8.84. The minimum absolute atomic E-state index is 0.266. The average Bonchev–Trinajstić information content (AvgIpc) is 2.19. The Bertz CT molecular complexity index is 139. The van der Waals surface area contributed by atoms with Crippen molar-refractivity contribution in [2.45, 2.75) is 38.7 Å². The van der Waals surface area contributed by atoms with Crippen molar-refractivity contribution in [3.8, 4) is 0 Å². The molecule has 1 rings (SSSR count). The van der Waals surface area contributed by atoms with Crippen molar-refractivity contribution in [1.82, 2.24) is 4.90 Å². The highest BCUT2D eigenvalue weighted by Crippen LogP contribution is 2.12. The van der Waals surface area contributed by atoms with E-state index in [1.807, 2.05) is 0 Å². The van der Waals surface area contributed by atoms with Crippen LogP contribution < -0.4 is 0 Å². The Kier molecular flexibility index (Phi) is 6.15. The molecule has 0 radical (unpaired) electrons. The predicted octanol–water partition coefficient (Wildman–Crippen LogP) is 1.26. The molecule has 1 aliphatic rings. The zero-order valence-corrected chi connectivity index (χ0v) is 9.24. The zero-order valence-electron chi connectivity index (χ0n) is 9.24. The number of rotatable bonds is 6. The Morgan fingerprint density at radius 2 is 2.29 bits per heavy atom. The van der Waals surface area contributed by atoms with Crippen molar-refractivity contribution in [3.05, 3.63) is 0 Å². The molecule has 1 aliphatic heterocycles. The third-order valence-corrected chi connectivity index (χ3v) is 2.77. The Hall–Kier alpha value is -0.120. The fourth-order valence-electron chi connectivity index (χ4n) is 1.92. The molecule has 1 atom stereocenters. The van der Waals surface area contributed by atoms with Gasteiger partial charge >= 0.3 is 0 Å². The van der Waals surface area contributed by atoms with E-state index >= 15 is 0 Å². The van der Waals surface area contributed by atoms with E-state index in [4.69, 9.17) is 9.84 Å². The molecule has 0 saturated carbocycles. The number of unbranched alkanes of at least 4 members (excludes halogenated alkanes) is 2. The second kappa shape index (κ2) is 7.21. The largest absolute Gasteiger partial charge is 0.395 e. The molecule has 1 heterocycles. The molecule has 3 nitrogen and oxygen atoms in total. The molecule has 0 bridgehead atoms. The van der Waals surface area contributed by atoms with Crippen LogP contribution in [0.25, 0.3) is 0 Å². The Morgan fingerprint density at radius 3 is 3.00 bits per heavy atom. The van der Waals surface area contributed by atoms with Crippen molar-refractivity contribution < 1.29 is 9.84 Å². The van der Waals surface area contributed by atoms with Crippen molar-refractivity contribution in [2.24, 2.45) is 0 Å². The molecule has 1 N–H and O–H groups in total. The summed E-state index contributed by atoms with van der Waals surface area (Å²) in [7, 11) is 0. The van der Waals surface area contributed by atoms with Crippen LogP contribution in [0.2, 0.25) is 0 Å². The van der Waals surface area contributed by atoms with Gasteiger partial charge in [0.25, 0.3) is 0 Å². The third kappa shape index (κ3) is 4.40. The quantitative estimate of drug-likeness (QED) is 0.657. The van der Waals surface area contributed by atoms with E-state index in [1.54, 1.807) is 0 Å². The normalized spacial score (nSPS) is 24.0. The molecule has 0 spiro atoms. The monoisotopic (exact) mass is 201 g/mol. The fourth-order valence-corrected chi connectivity index (χ4v) is 1.92. The van der Waals surface area contributed by atoms with Crippen molar-refractivity contribution >= 4 is 0 Å². The van der Waals surface area contributed by atoms with Crippen molar-refractivity contribution in [3.63, 3.8) is 0 Å². The molecule has 0 aromatic carbocycles. The molecule has 0 aromatic heterocycles. The number of ether oxygens (including phenoxy) is 1. The average molecular weight is 201 g/mol. The third-order valence-electron chi connectivity index (χ3n) is 2.77. The summed E-state index contributed by atoms with van der Waals surface area (Å²) in [6.45, 7) is 6.10. The highest BCUT2D eigenvalue weighted by molar-refractivity contribution is 4.71. The van der Waals surface area contributed by atoms with E-state index in [-0.39, 0.29) is 6.61 Å². The smallest absolute Gasteiger partial charge is 0.0702 e. The van der Waals surface area contributed by atoms with E-state index in [0.717, 1.165) is 26.2 Å². The van der Waals surface area contributed by atoms with Crippen LogP contribution >= 0.6 is 0 Å². The Balaban J connectivity index is 2.12. The van der Waals surface area contributed by atoms with Crippen LogP contribution in [0, 0.1) is 0 Å². The molecule has 1 saturated heterocycles. The van der Waals surface area contributed by atoms with Gasteiger partial charge in [-0.25, -0.2) is 0 Å². The highest BCUT2D eigenvalue weighted by atomic mass is 16.5. The van der Waals surface area contributed by atoms with Gasteiger partial charge in [0.15, 0.2) is 0 Å². The Morgan fingerprint density at radius 1 is 1.43 bits per heavy atom. The summed E-state index contributed by atoms with van der Waals surface area (Å²) in [5.74, 6) is 0. The molecule has 0 aromatic rings. The maximum atomic E-state index is 8.84. The van der Waals surface area contributed by atoms with Gasteiger partial charge < -0.3 is 9.84 Å². The zero-order chi connectivity index (χ0) is 10.2. The minimum atomic E-state index is 0.266. The van der Waals surface area contributed by atoms with Crippen molar-refractivity contribution in [2.75, 3.05) is 32.8 Å². The first-order valence-corrected chi connectivity index (χ1v) is 5.81. The SMILES string of the molecule is CCCCCC1CN(CCO)CCO1. The van der Waals surface area contributed by atoms with Gasteiger partial charge in [-0.05, 0) is 6.42 Å². The van der Waals surface area contributed by atoms with E-state index in [2.05, 4.69) is 11.8 Å². The number of nitrogens with zero attached hydrogens (tertiary/aromatic N) is 1. The standard InChI is InChI=1S/C11H23NO2/c1-2-3-4-5-11-10-12(6-8-13)7-9-14-11/h11,13H,2-10H2,1H3. The maximum Gasteiger partial charge on any atom is 0.0702 e. The van der Waals surface area contributed by atoms with Gasteiger partial charge in [0.2, 0.25) is 0 Å². The number of morpholine rings is 1. The number of aliphatic hydroxyl groups is 1. The van der Waals surface area contributed by atoms with Gasteiger partial charge in [-0.3, -0.25) is 4.90 Å². The first-order chi connectivity index (χ1) is 6.86.